The molecule has 0 saturated heterocycles. The van der Waals surface area contributed by atoms with E-state index in [9.17, 15) is 13.2 Å². The summed E-state index contributed by atoms with van der Waals surface area (Å²) in [6.45, 7) is 2.46. The topological polar surface area (TPSA) is 51.0 Å². The van der Waals surface area contributed by atoms with Crippen molar-refractivity contribution in [2.24, 2.45) is 0 Å². The maximum Gasteiger partial charge on any atom is 0.417 e. The molecule has 1 aromatic heterocycles. The summed E-state index contributed by atoms with van der Waals surface area (Å²) in [5, 5.41) is 7.03. The van der Waals surface area contributed by atoms with Crippen LogP contribution in [0.4, 0.5) is 13.2 Å². The molecule has 0 aliphatic carbocycles. The SMILES string of the molecule is CNCc1cccc(-c2noc(-c3ccc(-c4ccccc4C)c(C(F)(F)F)c3)n2)c1.Cl. The molecule has 4 aromatic rings. The van der Waals surface area contributed by atoms with Crippen molar-refractivity contribution >= 4 is 12.4 Å². The number of aryl methyl sites for hydroxylation is 1. The van der Waals surface area contributed by atoms with Gasteiger partial charge in [-0.25, -0.2) is 0 Å². The molecule has 0 fully saturated rings. The van der Waals surface area contributed by atoms with E-state index in [0.717, 1.165) is 22.8 Å². The number of halogens is 4. The van der Waals surface area contributed by atoms with Crippen LogP contribution in [0.15, 0.2) is 71.3 Å². The third-order valence-corrected chi connectivity index (χ3v) is 5.00. The Morgan fingerprint density at radius 3 is 2.41 bits per heavy atom. The first-order chi connectivity index (χ1) is 14.9. The zero-order valence-electron chi connectivity index (χ0n) is 17.4. The van der Waals surface area contributed by atoms with Crippen molar-refractivity contribution in [1.82, 2.24) is 15.5 Å². The van der Waals surface area contributed by atoms with Crippen LogP contribution < -0.4 is 5.32 Å². The van der Waals surface area contributed by atoms with E-state index in [2.05, 4.69) is 15.5 Å². The highest BCUT2D eigenvalue weighted by Gasteiger charge is 2.34. The zero-order valence-corrected chi connectivity index (χ0v) is 18.2. The number of alkyl halides is 3. The number of hydrogen-bond donors (Lipinski definition) is 1. The van der Waals surface area contributed by atoms with Gasteiger partial charge in [0.25, 0.3) is 5.89 Å². The maximum atomic E-state index is 13.9. The van der Waals surface area contributed by atoms with Gasteiger partial charge in [-0.1, -0.05) is 53.7 Å². The molecule has 0 radical (unpaired) electrons. The molecule has 0 aliphatic rings. The Balaban J connectivity index is 0.00000289. The van der Waals surface area contributed by atoms with Crippen LogP contribution in [0.3, 0.4) is 0 Å². The number of nitrogens with one attached hydrogen (secondary N) is 1. The first-order valence-electron chi connectivity index (χ1n) is 9.72. The fourth-order valence-corrected chi connectivity index (χ4v) is 3.50. The number of hydrogen-bond acceptors (Lipinski definition) is 4. The fourth-order valence-electron chi connectivity index (χ4n) is 3.50. The number of benzene rings is 3. The molecule has 0 bridgehead atoms. The summed E-state index contributed by atoms with van der Waals surface area (Å²) in [6.07, 6.45) is -4.53. The Bertz CT molecular complexity index is 1220. The molecule has 0 amide bonds. The standard InChI is InChI=1S/C24H20F3N3O.ClH/c1-15-6-3-4-9-19(15)20-11-10-18(13-21(20)24(25,26)27)23-29-22(30-31-23)17-8-5-7-16(12-17)14-28-2;/h3-13,28H,14H2,1-2H3;1H. The molecular weight excluding hydrogens is 439 g/mol. The third-order valence-electron chi connectivity index (χ3n) is 5.00. The molecule has 4 nitrogen and oxygen atoms in total. The van der Waals surface area contributed by atoms with Crippen LogP contribution in [0, 0.1) is 6.92 Å². The van der Waals surface area contributed by atoms with E-state index in [1.54, 1.807) is 37.3 Å². The minimum absolute atomic E-state index is 0. The van der Waals surface area contributed by atoms with Crippen LogP contribution in [0.2, 0.25) is 0 Å². The van der Waals surface area contributed by atoms with Crippen molar-refractivity contribution < 1.29 is 17.7 Å². The molecule has 1 N–H and O–H groups in total. The Morgan fingerprint density at radius 2 is 1.69 bits per heavy atom. The molecular formula is C24H21ClF3N3O. The smallest absolute Gasteiger partial charge is 0.334 e. The monoisotopic (exact) mass is 459 g/mol. The number of aromatic nitrogens is 2. The van der Waals surface area contributed by atoms with Gasteiger partial charge in [0.15, 0.2) is 0 Å². The van der Waals surface area contributed by atoms with Gasteiger partial charge in [-0.05, 0) is 54.4 Å². The Morgan fingerprint density at radius 1 is 0.906 bits per heavy atom. The lowest BCUT2D eigenvalue weighted by atomic mass is 9.94. The highest BCUT2D eigenvalue weighted by Crippen LogP contribution is 2.40. The summed E-state index contributed by atoms with van der Waals surface area (Å²) in [7, 11) is 1.85. The zero-order chi connectivity index (χ0) is 22.0. The molecule has 1 heterocycles. The van der Waals surface area contributed by atoms with E-state index in [-0.39, 0.29) is 29.4 Å². The van der Waals surface area contributed by atoms with Crippen molar-refractivity contribution in [3.8, 4) is 34.0 Å². The second-order valence-electron chi connectivity index (χ2n) is 7.23. The molecule has 32 heavy (non-hydrogen) atoms. The fraction of sp³-hybridized carbons (Fsp3) is 0.167. The third kappa shape index (κ3) is 4.84. The van der Waals surface area contributed by atoms with Crippen LogP contribution in [-0.2, 0) is 12.7 Å². The van der Waals surface area contributed by atoms with E-state index in [1.165, 1.54) is 6.07 Å². The molecule has 3 aromatic carbocycles. The van der Waals surface area contributed by atoms with Crippen LogP contribution in [0.5, 0.6) is 0 Å². The second-order valence-corrected chi connectivity index (χ2v) is 7.23. The predicted molar refractivity (Wildman–Crippen MR) is 120 cm³/mol. The highest BCUT2D eigenvalue weighted by molar-refractivity contribution is 5.85. The molecule has 0 saturated carbocycles. The average Bonchev–Trinajstić information content (AvgIpc) is 3.24. The van der Waals surface area contributed by atoms with E-state index in [0.29, 0.717) is 17.9 Å². The summed E-state index contributed by atoms with van der Waals surface area (Å²) in [4.78, 5) is 4.33. The lowest BCUT2D eigenvalue weighted by Crippen LogP contribution is -2.08. The Labute approximate surface area is 189 Å². The first-order valence-corrected chi connectivity index (χ1v) is 9.72. The summed E-state index contributed by atoms with van der Waals surface area (Å²) in [6, 6.07) is 18.7. The predicted octanol–water partition coefficient (Wildman–Crippen LogP) is 6.54. The van der Waals surface area contributed by atoms with E-state index in [4.69, 9.17) is 4.52 Å². The van der Waals surface area contributed by atoms with Crippen LogP contribution >= 0.6 is 12.4 Å². The molecule has 0 atom stereocenters. The van der Waals surface area contributed by atoms with Crippen molar-refractivity contribution in [3.05, 3.63) is 83.4 Å². The lowest BCUT2D eigenvalue weighted by molar-refractivity contribution is -0.137. The Kier molecular flexibility index (Phi) is 7.01. The molecule has 0 spiro atoms. The van der Waals surface area contributed by atoms with Crippen molar-refractivity contribution in [2.45, 2.75) is 19.6 Å². The Hall–Kier alpha value is -3.16. The summed E-state index contributed by atoms with van der Waals surface area (Å²) < 4.78 is 46.9. The van der Waals surface area contributed by atoms with Gasteiger partial charge >= 0.3 is 6.18 Å². The molecule has 166 valence electrons. The second kappa shape index (κ2) is 9.54. The lowest BCUT2D eigenvalue weighted by Gasteiger charge is -2.15. The van der Waals surface area contributed by atoms with Crippen LogP contribution in [-0.4, -0.2) is 17.2 Å². The van der Waals surface area contributed by atoms with Crippen LogP contribution in [0.25, 0.3) is 34.0 Å². The highest BCUT2D eigenvalue weighted by atomic mass is 35.5. The van der Waals surface area contributed by atoms with E-state index in [1.807, 2.05) is 31.3 Å². The van der Waals surface area contributed by atoms with Crippen molar-refractivity contribution in [3.63, 3.8) is 0 Å². The quantitative estimate of drug-likeness (QED) is 0.368. The minimum atomic E-state index is -4.53. The summed E-state index contributed by atoms with van der Waals surface area (Å²) in [5.74, 6) is 0.361. The molecule has 8 heteroatoms. The van der Waals surface area contributed by atoms with Gasteiger partial charge < -0.3 is 9.84 Å². The summed E-state index contributed by atoms with van der Waals surface area (Å²) in [5.41, 5.74) is 2.67. The van der Waals surface area contributed by atoms with Gasteiger partial charge in [-0.2, -0.15) is 18.2 Å². The van der Waals surface area contributed by atoms with Crippen molar-refractivity contribution in [2.75, 3.05) is 7.05 Å². The van der Waals surface area contributed by atoms with E-state index < -0.39 is 11.7 Å². The maximum absolute atomic E-state index is 13.9. The van der Waals surface area contributed by atoms with Gasteiger partial charge in [0.2, 0.25) is 5.82 Å². The summed E-state index contributed by atoms with van der Waals surface area (Å²) >= 11 is 0. The van der Waals surface area contributed by atoms with Gasteiger partial charge in [0.1, 0.15) is 0 Å². The largest absolute Gasteiger partial charge is 0.417 e. The number of rotatable bonds is 5. The van der Waals surface area contributed by atoms with Crippen LogP contribution in [0.1, 0.15) is 16.7 Å². The molecule has 4 rings (SSSR count). The molecule has 0 unspecified atom stereocenters. The minimum Gasteiger partial charge on any atom is -0.334 e. The van der Waals surface area contributed by atoms with E-state index >= 15 is 0 Å². The number of nitrogens with zero attached hydrogens (tertiary/aromatic N) is 2. The normalized spacial score (nSPS) is 11.3. The first kappa shape index (κ1) is 23.5. The average molecular weight is 460 g/mol. The van der Waals surface area contributed by atoms with Gasteiger partial charge in [-0.15, -0.1) is 12.4 Å². The van der Waals surface area contributed by atoms with Gasteiger partial charge in [0, 0.05) is 17.7 Å². The molecule has 0 aliphatic heterocycles. The van der Waals surface area contributed by atoms with Gasteiger partial charge in [0.05, 0.1) is 5.56 Å². The van der Waals surface area contributed by atoms with Crippen molar-refractivity contribution in [1.29, 1.82) is 0 Å². The van der Waals surface area contributed by atoms with Gasteiger partial charge in [-0.3, -0.25) is 0 Å².